The molecule has 2 aliphatic rings. The van der Waals surface area contributed by atoms with Crippen LogP contribution in [0.1, 0.15) is 33.6 Å². The minimum Gasteiger partial charge on any atom is -0.383 e. The zero-order valence-electron chi connectivity index (χ0n) is 13.1. The second-order valence-corrected chi connectivity index (χ2v) is 6.51. The van der Waals surface area contributed by atoms with Gasteiger partial charge >= 0.3 is 0 Å². The molecule has 112 valence electrons. The van der Waals surface area contributed by atoms with Crippen molar-refractivity contribution in [1.82, 2.24) is 15.1 Å². The summed E-state index contributed by atoms with van der Waals surface area (Å²) < 4.78 is 5.45. The molecule has 0 aromatic carbocycles. The van der Waals surface area contributed by atoms with Gasteiger partial charge in [-0.1, -0.05) is 13.8 Å². The molecule has 2 heterocycles. The third-order valence-corrected chi connectivity index (χ3v) is 4.58. The first-order chi connectivity index (χ1) is 9.11. The highest BCUT2D eigenvalue weighted by Crippen LogP contribution is 2.25. The fourth-order valence-electron chi connectivity index (χ4n) is 3.55. The van der Waals surface area contributed by atoms with Crippen molar-refractivity contribution in [3.63, 3.8) is 0 Å². The van der Waals surface area contributed by atoms with Crippen LogP contribution in [0.25, 0.3) is 0 Å². The summed E-state index contributed by atoms with van der Waals surface area (Å²) in [5.74, 6) is 0. The van der Waals surface area contributed by atoms with E-state index in [0.29, 0.717) is 18.1 Å². The highest BCUT2D eigenvalue weighted by molar-refractivity contribution is 4.93. The third-order valence-electron chi connectivity index (χ3n) is 4.58. The smallest absolute Gasteiger partial charge is 0.0630 e. The van der Waals surface area contributed by atoms with Crippen molar-refractivity contribution in [2.45, 2.75) is 57.8 Å². The van der Waals surface area contributed by atoms with E-state index in [1.54, 1.807) is 0 Å². The third kappa shape index (κ3) is 3.91. The summed E-state index contributed by atoms with van der Waals surface area (Å²) in [5, 5.41) is 3.57. The maximum atomic E-state index is 5.45. The van der Waals surface area contributed by atoms with Gasteiger partial charge in [-0.25, -0.2) is 0 Å². The number of nitrogens with one attached hydrogen (secondary N) is 1. The molecule has 0 aromatic rings. The molecular weight excluding hydrogens is 238 g/mol. The van der Waals surface area contributed by atoms with Crippen LogP contribution in [-0.4, -0.2) is 73.9 Å². The highest BCUT2D eigenvalue weighted by Gasteiger charge is 2.37. The molecule has 2 fully saturated rings. The van der Waals surface area contributed by atoms with Crippen LogP contribution in [0.15, 0.2) is 0 Å². The average molecular weight is 269 g/mol. The summed E-state index contributed by atoms with van der Waals surface area (Å²) in [6.45, 7) is 12.4. The molecule has 2 aliphatic heterocycles. The quantitative estimate of drug-likeness (QED) is 0.783. The van der Waals surface area contributed by atoms with E-state index in [4.69, 9.17) is 4.74 Å². The normalized spacial score (nSPS) is 30.8. The Kier molecular flexibility index (Phi) is 5.63. The van der Waals surface area contributed by atoms with E-state index in [1.165, 1.54) is 32.5 Å². The minimum atomic E-state index is 0.505. The molecule has 0 radical (unpaired) electrons. The molecule has 1 N–H and O–H groups in total. The van der Waals surface area contributed by atoms with Gasteiger partial charge in [0.1, 0.15) is 0 Å². The molecule has 19 heavy (non-hydrogen) atoms. The van der Waals surface area contributed by atoms with Gasteiger partial charge < -0.3 is 10.1 Å². The van der Waals surface area contributed by atoms with Gasteiger partial charge in [-0.3, -0.25) is 9.80 Å². The summed E-state index contributed by atoms with van der Waals surface area (Å²) in [6.07, 6.45) is 2.75. The van der Waals surface area contributed by atoms with Gasteiger partial charge in [0.2, 0.25) is 0 Å². The lowest BCUT2D eigenvalue weighted by molar-refractivity contribution is -0.0000593. The molecule has 2 saturated heterocycles. The fourth-order valence-corrected chi connectivity index (χ4v) is 3.55. The molecular formula is C15H31N3O. The monoisotopic (exact) mass is 269 g/mol. The van der Waals surface area contributed by atoms with Crippen LogP contribution >= 0.6 is 0 Å². The number of hydrogen-bond donors (Lipinski definition) is 1. The first-order valence-corrected chi connectivity index (χ1v) is 7.84. The van der Waals surface area contributed by atoms with Crippen molar-refractivity contribution in [3.8, 4) is 0 Å². The van der Waals surface area contributed by atoms with E-state index < -0.39 is 0 Å². The number of fused-ring (bicyclic) bond motifs is 1. The molecule has 4 nitrogen and oxygen atoms in total. The predicted octanol–water partition coefficient (Wildman–Crippen LogP) is 1.17. The Morgan fingerprint density at radius 3 is 2.79 bits per heavy atom. The average Bonchev–Trinajstić information content (AvgIpc) is 2.80. The van der Waals surface area contributed by atoms with Crippen LogP contribution in [0.5, 0.6) is 0 Å². The molecule has 0 aliphatic carbocycles. The number of ether oxygens (including phenoxy) is 1. The van der Waals surface area contributed by atoms with E-state index in [-0.39, 0.29) is 0 Å². The molecule has 0 amide bonds. The van der Waals surface area contributed by atoms with Gasteiger partial charge in [-0.2, -0.15) is 0 Å². The molecule has 3 atom stereocenters. The standard InChI is InChI=1S/C15H31N3O/c1-12(2)16-8-15(11-19-4)18-10-14-6-5-7-17(14)9-13(18)3/h12-16H,5-11H2,1-4H3. The van der Waals surface area contributed by atoms with Gasteiger partial charge in [-0.15, -0.1) is 0 Å². The number of nitrogens with zero attached hydrogens (tertiary/aromatic N) is 2. The Bertz CT molecular complexity index is 272. The van der Waals surface area contributed by atoms with E-state index in [9.17, 15) is 0 Å². The van der Waals surface area contributed by atoms with Crippen LogP contribution in [0, 0.1) is 0 Å². The van der Waals surface area contributed by atoms with Gasteiger partial charge in [0, 0.05) is 50.9 Å². The number of piperazine rings is 1. The summed E-state index contributed by atoms with van der Waals surface area (Å²) in [4.78, 5) is 5.35. The summed E-state index contributed by atoms with van der Waals surface area (Å²) >= 11 is 0. The Morgan fingerprint density at radius 2 is 2.11 bits per heavy atom. The summed E-state index contributed by atoms with van der Waals surface area (Å²) in [5.41, 5.74) is 0. The lowest BCUT2D eigenvalue weighted by Gasteiger charge is -2.46. The zero-order valence-corrected chi connectivity index (χ0v) is 13.1. The molecule has 0 saturated carbocycles. The van der Waals surface area contributed by atoms with Crippen LogP contribution in [0.3, 0.4) is 0 Å². The Morgan fingerprint density at radius 1 is 1.32 bits per heavy atom. The van der Waals surface area contributed by atoms with Crippen molar-refractivity contribution in [2.75, 3.05) is 39.9 Å². The lowest BCUT2D eigenvalue weighted by Crippen LogP contribution is -2.60. The van der Waals surface area contributed by atoms with Gasteiger partial charge in [-0.05, 0) is 26.3 Å². The lowest BCUT2D eigenvalue weighted by atomic mass is 10.0. The molecule has 0 aromatic heterocycles. The topological polar surface area (TPSA) is 27.7 Å². The van der Waals surface area contributed by atoms with Crippen LogP contribution < -0.4 is 5.32 Å². The highest BCUT2D eigenvalue weighted by atomic mass is 16.5. The van der Waals surface area contributed by atoms with E-state index in [1.807, 2.05) is 7.11 Å². The summed E-state index contributed by atoms with van der Waals surface area (Å²) in [7, 11) is 1.82. The van der Waals surface area contributed by atoms with Crippen molar-refractivity contribution in [3.05, 3.63) is 0 Å². The van der Waals surface area contributed by atoms with Crippen LogP contribution in [0.2, 0.25) is 0 Å². The molecule has 3 unspecified atom stereocenters. The Balaban J connectivity index is 1.94. The van der Waals surface area contributed by atoms with Crippen LogP contribution in [0.4, 0.5) is 0 Å². The SMILES string of the molecule is COCC(CNC(C)C)N1CC2CCCN2CC1C. The Hall–Kier alpha value is -0.160. The summed E-state index contributed by atoms with van der Waals surface area (Å²) in [6, 6.07) is 2.48. The van der Waals surface area contributed by atoms with Crippen molar-refractivity contribution in [2.24, 2.45) is 0 Å². The fraction of sp³-hybridized carbons (Fsp3) is 1.00. The molecule has 0 bridgehead atoms. The van der Waals surface area contributed by atoms with E-state index in [0.717, 1.165) is 19.2 Å². The Labute approximate surface area is 118 Å². The maximum Gasteiger partial charge on any atom is 0.0630 e. The van der Waals surface area contributed by atoms with Crippen molar-refractivity contribution in [1.29, 1.82) is 0 Å². The predicted molar refractivity (Wildman–Crippen MR) is 79.6 cm³/mol. The number of rotatable bonds is 6. The van der Waals surface area contributed by atoms with Gasteiger partial charge in [0.25, 0.3) is 0 Å². The number of methoxy groups -OCH3 is 1. The van der Waals surface area contributed by atoms with Crippen LogP contribution in [-0.2, 0) is 4.74 Å². The first-order valence-electron chi connectivity index (χ1n) is 7.84. The van der Waals surface area contributed by atoms with Gasteiger partial charge in [0.15, 0.2) is 0 Å². The zero-order chi connectivity index (χ0) is 13.8. The van der Waals surface area contributed by atoms with Crippen molar-refractivity contribution < 1.29 is 4.74 Å². The first kappa shape index (κ1) is 15.2. The molecule has 0 spiro atoms. The maximum absolute atomic E-state index is 5.45. The molecule has 4 heteroatoms. The second-order valence-electron chi connectivity index (χ2n) is 6.51. The second kappa shape index (κ2) is 7.02. The van der Waals surface area contributed by atoms with Gasteiger partial charge in [0.05, 0.1) is 6.61 Å². The minimum absolute atomic E-state index is 0.505. The number of hydrogen-bond acceptors (Lipinski definition) is 4. The molecule has 2 rings (SSSR count). The largest absolute Gasteiger partial charge is 0.383 e. The van der Waals surface area contributed by atoms with E-state index >= 15 is 0 Å². The van der Waals surface area contributed by atoms with E-state index in [2.05, 4.69) is 35.9 Å². The van der Waals surface area contributed by atoms with Crippen molar-refractivity contribution >= 4 is 0 Å².